The van der Waals surface area contributed by atoms with Crippen LogP contribution in [0.25, 0.3) is 11.1 Å². The molecule has 8 heteroatoms. The first-order valence-electron chi connectivity index (χ1n) is 10.3. The highest BCUT2D eigenvalue weighted by molar-refractivity contribution is 7.89. The number of nitrogens with two attached hydrogens (primary N) is 1. The van der Waals surface area contributed by atoms with Crippen molar-refractivity contribution in [1.29, 1.82) is 0 Å². The van der Waals surface area contributed by atoms with Crippen LogP contribution in [0.5, 0.6) is 11.5 Å². The molecule has 7 nitrogen and oxygen atoms in total. The lowest BCUT2D eigenvalue weighted by Crippen LogP contribution is -2.23. The van der Waals surface area contributed by atoms with Crippen molar-refractivity contribution in [2.45, 2.75) is 36.5 Å². The van der Waals surface area contributed by atoms with Gasteiger partial charge in [0.1, 0.15) is 5.78 Å². The Labute approximate surface area is 186 Å². The van der Waals surface area contributed by atoms with E-state index in [0.717, 1.165) is 35.2 Å². The molecule has 1 aromatic heterocycles. The molecule has 32 heavy (non-hydrogen) atoms. The second-order valence-corrected chi connectivity index (χ2v) is 9.82. The number of hydrogen-bond acceptors (Lipinski definition) is 6. The van der Waals surface area contributed by atoms with Crippen molar-refractivity contribution < 1.29 is 22.7 Å². The number of carbonyl (C=O) groups excluding carboxylic acids is 1. The van der Waals surface area contributed by atoms with Crippen molar-refractivity contribution in [3.8, 4) is 22.6 Å². The molecule has 2 N–H and O–H groups in total. The highest BCUT2D eigenvalue weighted by Gasteiger charge is 2.51. The van der Waals surface area contributed by atoms with Crippen LogP contribution >= 0.6 is 0 Å². The molecule has 1 aliphatic carbocycles. The third kappa shape index (κ3) is 3.65. The van der Waals surface area contributed by atoms with Crippen molar-refractivity contribution >= 4 is 15.8 Å². The van der Waals surface area contributed by atoms with E-state index in [9.17, 15) is 13.2 Å². The molecule has 5 rings (SSSR count). The number of ketones is 1. The number of nitrogens with zero attached hydrogens (tertiary/aromatic N) is 1. The number of carbonyl (C=O) groups is 1. The van der Waals surface area contributed by atoms with E-state index in [1.165, 1.54) is 12.1 Å². The van der Waals surface area contributed by atoms with Gasteiger partial charge < -0.3 is 9.47 Å². The summed E-state index contributed by atoms with van der Waals surface area (Å²) in [4.78, 5) is 17.9. The number of benzene rings is 2. The molecule has 0 spiro atoms. The van der Waals surface area contributed by atoms with Crippen LogP contribution in [0.4, 0.5) is 0 Å². The predicted octanol–water partition coefficient (Wildman–Crippen LogP) is 3.28. The van der Waals surface area contributed by atoms with Gasteiger partial charge in [-0.3, -0.25) is 9.78 Å². The smallest absolute Gasteiger partial charge is 0.238 e. The summed E-state index contributed by atoms with van der Waals surface area (Å²) in [6.45, 7) is 2.08. The molecule has 3 aromatic rings. The standard InChI is InChI=1S/C24H22N2O5S/c1-15-20(16-2-6-19(7-3-16)32(25,28)29)8-5-18(26-15)13-23(27)24(10-11-24)17-4-9-21-22(12-17)31-14-30-21/h2-9,12H,10-11,13-14H2,1H3,(H2,25,28,29). The van der Waals surface area contributed by atoms with Crippen LogP contribution in [-0.2, 0) is 26.7 Å². The average molecular weight is 451 g/mol. The zero-order valence-corrected chi connectivity index (χ0v) is 18.3. The minimum atomic E-state index is -3.73. The van der Waals surface area contributed by atoms with Gasteiger partial charge in [-0.25, -0.2) is 13.6 Å². The summed E-state index contributed by atoms with van der Waals surface area (Å²) in [7, 11) is -3.73. The van der Waals surface area contributed by atoms with E-state index in [2.05, 4.69) is 4.98 Å². The van der Waals surface area contributed by atoms with Gasteiger partial charge in [-0.1, -0.05) is 24.3 Å². The van der Waals surface area contributed by atoms with E-state index in [4.69, 9.17) is 14.6 Å². The number of ether oxygens (including phenoxy) is 2. The summed E-state index contributed by atoms with van der Waals surface area (Å²) in [5.74, 6) is 1.55. The second kappa shape index (κ2) is 7.43. The van der Waals surface area contributed by atoms with Crippen LogP contribution in [0.1, 0.15) is 29.8 Å². The Balaban J connectivity index is 1.35. The lowest BCUT2D eigenvalue weighted by Gasteiger charge is -2.15. The lowest BCUT2D eigenvalue weighted by atomic mass is 9.88. The first-order chi connectivity index (χ1) is 15.3. The van der Waals surface area contributed by atoms with E-state index >= 15 is 0 Å². The van der Waals surface area contributed by atoms with Crippen LogP contribution in [0, 0.1) is 6.92 Å². The maximum Gasteiger partial charge on any atom is 0.238 e. The molecule has 0 radical (unpaired) electrons. The van der Waals surface area contributed by atoms with Gasteiger partial charge in [0.2, 0.25) is 16.8 Å². The fourth-order valence-corrected chi connectivity index (χ4v) is 4.74. The lowest BCUT2D eigenvalue weighted by molar-refractivity contribution is -0.120. The largest absolute Gasteiger partial charge is 0.454 e. The summed E-state index contributed by atoms with van der Waals surface area (Å²) < 4.78 is 33.8. The maximum absolute atomic E-state index is 13.2. The SMILES string of the molecule is Cc1nc(CC(=O)C2(c3ccc4c(c3)OCO4)CC2)ccc1-c1ccc(S(N)(=O)=O)cc1. The molecular formula is C24H22N2O5S. The predicted molar refractivity (Wildman–Crippen MR) is 118 cm³/mol. The summed E-state index contributed by atoms with van der Waals surface area (Å²) in [6, 6.07) is 15.9. The monoisotopic (exact) mass is 450 g/mol. The molecule has 2 aliphatic rings. The van der Waals surface area contributed by atoms with Gasteiger partial charge in [0, 0.05) is 23.4 Å². The Morgan fingerprint density at radius 3 is 2.41 bits per heavy atom. The van der Waals surface area contributed by atoms with Crippen molar-refractivity contribution in [2.75, 3.05) is 6.79 Å². The van der Waals surface area contributed by atoms with Crippen LogP contribution in [0.2, 0.25) is 0 Å². The van der Waals surface area contributed by atoms with Gasteiger partial charge in [0.15, 0.2) is 11.5 Å². The maximum atomic E-state index is 13.2. The second-order valence-electron chi connectivity index (χ2n) is 8.26. The highest BCUT2D eigenvalue weighted by Crippen LogP contribution is 2.51. The number of hydrogen-bond donors (Lipinski definition) is 1. The molecule has 164 valence electrons. The first-order valence-corrected chi connectivity index (χ1v) is 11.8. The third-order valence-corrected chi connectivity index (χ3v) is 7.12. The average Bonchev–Trinajstić information content (AvgIpc) is 3.44. The molecule has 1 aliphatic heterocycles. The summed E-state index contributed by atoms with van der Waals surface area (Å²) >= 11 is 0. The van der Waals surface area contributed by atoms with Crippen molar-refractivity contribution in [3.05, 3.63) is 71.5 Å². The van der Waals surface area contributed by atoms with Gasteiger partial charge in [0.05, 0.1) is 10.3 Å². The molecular weight excluding hydrogens is 428 g/mol. The number of rotatable bonds is 6. The van der Waals surface area contributed by atoms with Gasteiger partial charge in [0.25, 0.3) is 0 Å². The van der Waals surface area contributed by atoms with Crippen LogP contribution in [0.15, 0.2) is 59.5 Å². The summed E-state index contributed by atoms with van der Waals surface area (Å²) in [5, 5.41) is 5.17. The molecule has 1 fully saturated rings. The normalized spacial score (nSPS) is 16.1. The Morgan fingerprint density at radius 2 is 1.75 bits per heavy atom. The number of aryl methyl sites for hydroxylation is 1. The van der Waals surface area contributed by atoms with Gasteiger partial charge >= 0.3 is 0 Å². The number of Topliss-reactive ketones (excluding diaryl/α,β-unsaturated/α-hetero) is 1. The van der Waals surface area contributed by atoms with E-state index < -0.39 is 15.4 Å². The fourth-order valence-electron chi connectivity index (χ4n) is 4.22. The zero-order chi connectivity index (χ0) is 22.5. The minimum Gasteiger partial charge on any atom is -0.454 e. The molecule has 0 atom stereocenters. The molecule has 0 bridgehead atoms. The van der Waals surface area contributed by atoms with Crippen molar-refractivity contribution in [1.82, 2.24) is 4.98 Å². The van der Waals surface area contributed by atoms with Crippen molar-refractivity contribution in [2.24, 2.45) is 5.14 Å². The van der Waals surface area contributed by atoms with Crippen LogP contribution < -0.4 is 14.6 Å². The molecule has 0 saturated heterocycles. The fraction of sp³-hybridized carbons (Fsp3) is 0.250. The van der Waals surface area contributed by atoms with E-state index in [1.807, 2.05) is 37.3 Å². The first kappa shape index (κ1) is 20.7. The summed E-state index contributed by atoms with van der Waals surface area (Å²) in [6.07, 6.45) is 1.89. The van der Waals surface area contributed by atoms with E-state index in [1.54, 1.807) is 12.1 Å². The molecule has 1 saturated carbocycles. The number of sulfonamides is 1. The molecule has 0 unspecified atom stereocenters. The zero-order valence-electron chi connectivity index (χ0n) is 17.5. The molecule has 2 heterocycles. The topological polar surface area (TPSA) is 109 Å². The number of aromatic nitrogens is 1. The Kier molecular flexibility index (Phi) is 4.79. The quantitative estimate of drug-likeness (QED) is 0.617. The van der Waals surface area contributed by atoms with E-state index in [-0.39, 0.29) is 23.9 Å². The van der Waals surface area contributed by atoms with Gasteiger partial charge in [-0.05, 0) is 61.2 Å². The van der Waals surface area contributed by atoms with E-state index in [0.29, 0.717) is 17.2 Å². The Bertz CT molecular complexity index is 1330. The van der Waals surface area contributed by atoms with Gasteiger partial charge in [-0.2, -0.15) is 0 Å². The number of primary sulfonamides is 1. The van der Waals surface area contributed by atoms with Gasteiger partial charge in [-0.15, -0.1) is 0 Å². The number of pyridine rings is 1. The summed E-state index contributed by atoms with van der Waals surface area (Å²) in [5.41, 5.74) is 3.68. The number of fused-ring (bicyclic) bond motifs is 1. The molecule has 0 amide bonds. The van der Waals surface area contributed by atoms with Crippen LogP contribution in [-0.4, -0.2) is 26.0 Å². The third-order valence-electron chi connectivity index (χ3n) is 6.19. The Morgan fingerprint density at radius 1 is 1.03 bits per heavy atom. The highest BCUT2D eigenvalue weighted by atomic mass is 32.2. The minimum absolute atomic E-state index is 0.0623. The Hall–Kier alpha value is -3.23. The van der Waals surface area contributed by atoms with Crippen LogP contribution in [0.3, 0.4) is 0 Å². The van der Waals surface area contributed by atoms with Crippen molar-refractivity contribution in [3.63, 3.8) is 0 Å². The molecule has 2 aromatic carbocycles.